The lowest BCUT2D eigenvalue weighted by atomic mass is 9.90. The van der Waals surface area contributed by atoms with Crippen LogP contribution < -0.4 is 5.32 Å². The van der Waals surface area contributed by atoms with E-state index in [0.29, 0.717) is 10.0 Å². The molecule has 1 heterocycles. The van der Waals surface area contributed by atoms with Crippen LogP contribution in [0.5, 0.6) is 0 Å². The van der Waals surface area contributed by atoms with Gasteiger partial charge in [-0.15, -0.1) is 0 Å². The quantitative estimate of drug-likeness (QED) is 0.617. The Morgan fingerprint density at radius 3 is 2.50 bits per heavy atom. The third kappa shape index (κ3) is 4.30. The number of nitrogens with zero attached hydrogens (tertiary/aromatic N) is 1. The molecule has 1 N–H and O–H groups in total. The van der Waals surface area contributed by atoms with Crippen LogP contribution in [0.25, 0.3) is 0 Å². The maximum absolute atomic E-state index is 11.8. The summed E-state index contributed by atoms with van der Waals surface area (Å²) in [6.07, 6.45) is 1.02. The average molecular weight is 298 g/mol. The first-order valence-corrected chi connectivity index (χ1v) is 7.55. The van der Waals surface area contributed by atoms with Gasteiger partial charge in [0.15, 0.2) is 16.6 Å². The molecule has 0 radical (unpaired) electrons. The molecule has 5 nitrogen and oxygen atoms in total. The number of carbonyl (C=O) groups is 2. The number of hydrogen-bond donors (Lipinski definition) is 1. The van der Waals surface area contributed by atoms with Crippen LogP contribution in [-0.2, 0) is 4.74 Å². The number of ether oxygens (including phenoxy) is 1. The van der Waals surface area contributed by atoms with E-state index in [1.54, 1.807) is 6.92 Å². The van der Waals surface area contributed by atoms with E-state index >= 15 is 0 Å². The van der Waals surface area contributed by atoms with Gasteiger partial charge in [-0.1, -0.05) is 32.1 Å². The molecule has 0 amide bonds. The molecule has 0 saturated heterocycles. The lowest BCUT2D eigenvalue weighted by Gasteiger charge is -2.22. The first kappa shape index (κ1) is 16.6. The molecule has 0 unspecified atom stereocenters. The van der Waals surface area contributed by atoms with Gasteiger partial charge in [-0.2, -0.15) is 0 Å². The molecule has 1 aromatic rings. The van der Waals surface area contributed by atoms with Crippen LogP contribution in [0, 0.1) is 5.41 Å². The molecule has 0 saturated carbocycles. The van der Waals surface area contributed by atoms with Crippen LogP contribution in [0.15, 0.2) is 0 Å². The molecular weight excluding hydrogens is 276 g/mol. The van der Waals surface area contributed by atoms with E-state index in [4.69, 9.17) is 4.74 Å². The van der Waals surface area contributed by atoms with Crippen LogP contribution in [0.3, 0.4) is 0 Å². The Balaban J connectivity index is 2.92. The number of carbonyl (C=O) groups excluding carboxylic acids is 2. The molecule has 0 fully saturated rings. The van der Waals surface area contributed by atoms with Crippen molar-refractivity contribution >= 4 is 28.2 Å². The lowest BCUT2D eigenvalue weighted by Crippen LogP contribution is -2.22. The van der Waals surface area contributed by atoms with Crippen LogP contribution in [0.2, 0.25) is 0 Å². The highest BCUT2D eigenvalue weighted by Gasteiger charge is 2.23. The van der Waals surface area contributed by atoms with E-state index in [-0.39, 0.29) is 23.5 Å². The maximum Gasteiger partial charge on any atom is 0.358 e. The predicted molar refractivity (Wildman–Crippen MR) is 80.6 cm³/mol. The molecule has 0 aliphatic carbocycles. The summed E-state index contributed by atoms with van der Waals surface area (Å²) in [7, 11) is 0. The van der Waals surface area contributed by atoms with Crippen molar-refractivity contribution < 1.29 is 14.3 Å². The van der Waals surface area contributed by atoms with Crippen molar-refractivity contribution in [2.75, 3.05) is 18.5 Å². The lowest BCUT2D eigenvalue weighted by molar-refractivity contribution is 0.0517. The number of thiazole rings is 1. The maximum atomic E-state index is 11.8. The smallest absolute Gasteiger partial charge is 0.358 e. The first-order chi connectivity index (χ1) is 9.30. The molecule has 1 rings (SSSR count). The van der Waals surface area contributed by atoms with Gasteiger partial charge in [0.2, 0.25) is 0 Å². The van der Waals surface area contributed by atoms with Crippen molar-refractivity contribution in [2.24, 2.45) is 5.41 Å². The molecule has 1 aromatic heterocycles. The van der Waals surface area contributed by atoms with Crippen LogP contribution >= 0.6 is 11.3 Å². The minimum atomic E-state index is -0.545. The zero-order valence-corrected chi connectivity index (χ0v) is 13.5. The molecule has 112 valence electrons. The summed E-state index contributed by atoms with van der Waals surface area (Å²) < 4.78 is 4.92. The second kappa shape index (κ2) is 6.83. The number of hydrogen-bond acceptors (Lipinski definition) is 6. The average Bonchev–Trinajstić information content (AvgIpc) is 2.81. The fraction of sp³-hybridized carbons (Fsp3) is 0.643. The summed E-state index contributed by atoms with van der Waals surface area (Å²) in [4.78, 5) is 27.9. The fourth-order valence-corrected chi connectivity index (χ4v) is 2.26. The van der Waals surface area contributed by atoms with Gasteiger partial charge in [0, 0.05) is 13.5 Å². The van der Waals surface area contributed by atoms with Gasteiger partial charge in [0.05, 0.1) is 6.61 Å². The van der Waals surface area contributed by atoms with Gasteiger partial charge in [-0.3, -0.25) is 4.79 Å². The highest BCUT2D eigenvalue weighted by Crippen LogP contribution is 2.26. The Morgan fingerprint density at radius 2 is 2.00 bits per heavy atom. The summed E-state index contributed by atoms with van der Waals surface area (Å²) in [5.74, 6) is -0.717. The Morgan fingerprint density at radius 1 is 1.35 bits per heavy atom. The number of esters is 1. The number of aromatic nitrogens is 1. The predicted octanol–water partition coefficient (Wildman–Crippen LogP) is 3.37. The summed E-state index contributed by atoms with van der Waals surface area (Å²) in [5, 5.41) is 3.78. The molecule has 0 aliphatic heterocycles. The Hall–Kier alpha value is -1.43. The molecule has 0 bridgehead atoms. The third-order valence-corrected chi connectivity index (χ3v) is 4.20. The van der Waals surface area contributed by atoms with Gasteiger partial charge >= 0.3 is 5.97 Å². The van der Waals surface area contributed by atoms with Crippen molar-refractivity contribution in [1.82, 2.24) is 4.98 Å². The normalized spacial score (nSPS) is 11.2. The number of ketones is 1. The third-order valence-electron chi connectivity index (χ3n) is 3.09. The number of anilines is 1. The monoisotopic (exact) mass is 298 g/mol. The van der Waals surface area contributed by atoms with E-state index < -0.39 is 5.97 Å². The number of rotatable bonds is 7. The highest BCUT2D eigenvalue weighted by molar-refractivity contribution is 7.17. The number of Topliss-reactive ketones (excluding diaryl/α,β-unsaturated/α-hetero) is 1. The van der Waals surface area contributed by atoms with Gasteiger partial charge in [-0.25, -0.2) is 9.78 Å². The molecular formula is C14H22N2O3S. The van der Waals surface area contributed by atoms with Crippen molar-refractivity contribution in [3.63, 3.8) is 0 Å². The van der Waals surface area contributed by atoms with E-state index in [2.05, 4.69) is 31.1 Å². The fourth-order valence-electron chi connectivity index (χ4n) is 1.41. The second-order valence-electron chi connectivity index (χ2n) is 5.34. The van der Waals surface area contributed by atoms with E-state index in [1.807, 2.05) is 0 Å². The SMILES string of the molecule is CCOC(=O)c1nc(NCC(C)(C)CC)sc1C(C)=O. The summed E-state index contributed by atoms with van der Waals surface area (Å²) >= 11 is 1.20. The van der Waals surface area contributed by atoms with Crippen LogP contribution in [0.4, 0.5) is 5.13 Å². The Labute approximate surface area is 123 Å². The molecule has 0 spiro atoms. The van der Waals surface area contributed by atoms with Crippen molar-refractivity contribution in [3.05, 3.63) is 10.6 Å². The molecule has 0 aromatic carbocycles. The number of nitrogens with one attached hydrogen (secondary N) is 1. The zero-order valence-electron chi connectivity index (χ0n) is 12.7. The van der Waals surface area contributed by atoms with Crippen molar-refractivity contribution in [1.29, 1.82) is 0 Å². The minimum absolute atomic E-state index is 0.112. The van der Waals surface area contributed by atoms with Crippen molar-refractivity contribution in [3.8, 4) is 0 Å². The van der Waals surface area contributed by atoms with Gasteiger partial charge in [0.1, 0.15) is 4.88 Å². The molecule has 0 aliphatic rings. The summed E-state index contributed by atoms with van der Waals surface area (Å²) in [6.45, 7) is 10.6. The Bertz CT molecular complexity index is 495. The molecule has 20 heavy (non-hydrogen) atoms. The standard InChI is InChI=1S/C14H22N2O3S/c1-6-14(4,5)8-15-13-16-10(12(18)19-7-2)11(20-13)9(3)17/h6-8H2,1-5H3,(H,15,16). The van der Waals surface area contributed by atoms with E-state index in [0.717, 1.165) is 13.0 Å². The largest absolute Gasteiger partial charge is 0.461 e. The van der Waals surface area contributed by atoms with Crippen LogP contribution in [0.1, 0.15) is 61.2 Å². The molecule has 0 atom stereocenters. The highest BCUT2D eigenvalue weighted by atomic mass is 32.1. The topological polar surface area (TPSA) is 68.3 Å². The Kier molecular flexibility index (Phi) is 5.68. The summed E-state index contributed by atoms with van der Waals surface area (Å²) in [5.41, 5.74) is 0.243. The van der Waals surface area contributed by atoms with Gasteiger partial charge in [0.25, 0.3) is 0 Å². The van der Waals surface area contributed by atoms with E-state index in [1.165, 1.54) is 18.3 Å². The zero-order chi connectivity index (χ0) is 15.3. The van der Waals surface area contributed by atoms with Gasteiger partial charge in [-0.05, 0) is 18.8 Å². The summed E-state index contributed by atoms with van der Waals surface area (Å²) in [6, 6.07) is 0. The molecule has 6 heteroatoms. The van der Waals surface area contributed by atoms with Crippen LogP contribution in [-0.4, -0.2) is 29.9 Å². The minimum Gasteiger partial charge on any atom is -0.461 e. The van der Waals surface area contributed by atoms with E-state index in [9.17, 15) is 9.59 Å². The van der Waals surface area contributed by atoms with Gasteiger partial charge < -0.3 is 10.1 Å². The van der Waals surface area contributed by atoms with Crippen molar-refractivity contribution in [2.45, 2.75) is 41.0 Å². The first-order valence-electron chi connectivity index (χ1n) is 6.73. The second-order valence-corrected chi connectivity index (χ2v) is 6.34.